The highest BCUT2D eigenvalue weighted by atomic mass is 35.5. The van der Waals surface area contributed by atoms with Gasteiger partial charge in [0.25, 0.3) is 5.56 Å². The van der Waals surface area contributed by atoms with E-state index in [1.165, 1.54) is 0 Å². The number of ketones is 1. The number of nitrogens with one attached hydrogen (secondary N) is 1. The molecule has 0 bridgehead atoms. The fourth-order valence-corrected chi connectivity index (χ4v) is 3.90. The number of rotatable bonds is 4. The van der Waals surface area contributed by atoms with Gasteiger partial charge < -0.3 is 5.32 Å². The molecule has 2 aromatic carbocycles. The average Bonchev–Trinajstić information content (AvgIpc) is 3.12. The third-order valence-electron chi connectivity index (χ3n) is 4.66. The molecular formula is C21H16Cl2N2O2. The van der Waals surface area contributed by atoms with Crippen LogP contribution >= 0.6 is 23.2 Å². The Morgan fingerprint density at radius 2 is 1.85 bits per heavy atom. The Bertz CT molecular complexity index is 1090. The number of hydrogen-bond donors (Lipinski definition) is 1. The SMILES string of the molecule is O=C(c1ccc(Cl)cc1Cl)c1c(Cc2ccccc2)cc(=O)n2c1NCC2. The normalized spacial score (nSPS) is 12.5. The van der Waals surface area contributed by atoms with Crippen LogP contribution in [-0.2, 0) is 13.0 Å². The van der Waals surface area contributed by atoms with Crippen molar-refractivity contribution in [2.75, 3.05) is 11.9 Å². The number of carbonyl (C=O) groups excluding carboxylic acids is 1. The number of carbonyl (C=O) groups is 1. The second-order valence-corrected chi connectivity index (χ2v) is 7.27. The molecule has 27 heavy (non-hydrogen) atoms. The zero-order valence-corrected chi connectivity index (χ0v) is 15.8. The summed E-state index contributed by atoms with van der Waals surface area (Å²) in [6, 6.07) is 16.1. The summed E-state index contributed by atoms with van der Waals surface area (Å²) >= 11 is 12.2. The van der Waals surface area contributed by atoms with Crippen LogP contribution in [0.2, 0.25) is 10.0 Å². The highest BCUT2D eigenvalue weighted by Gasteiger charge is 2.26. The summed E-state index contributed by atoms with van der Waals surface area (Å²) < 4.78 is 1.60. The van der Waals surface area contributed by atoms with Crippen molar-refractivity contribution in [1.29, 1.82) is 0 Å². The second kappa shape index (κ2) is 7.22. The molecule has 0 unspecified atom stereocenters. The van der Waals surface area contributed by atoms with Crippen LogP contribution in [0.1, 0.15) is 27.0 Å². The first-order valence-electron chi connectivity index (χ1n) is 8.59. The van der Waals surface area contributed by atoms with Gasteiger partial charge in [0.05, 0.1) is 10.6 Å². The van der Waals surface area contributed by atoms with E-state index in [2.05, 4.69) is 5.32 Å². The van der Waals surface area contributed by atoms with Crippen LogP contribution in [-0.4, -0.2) is 16.9 Å². The standard InChI is InChI=1S/C21H16Cl2N2O2/c22-15-6-7-16(17(23)12-15)20(27)19-14(10-13-4-2-1-3-5-13)11-18(26)25-9-8-24-21(19)25/h1-7,11-12,24H,8-10H2. The van der Waals surface area contributed by atoms with E-state index in [1.54, 1.807) is 28.8 Å². The van der Waals surface area contributed by atoms with Crippen molar-refractivity contribution in [1.82, 2.24) is 4.57 Å². The van der Waals surface area contributed by atoms with Crippen molar-refractivity contribution in [3.63, 3.8) is 0 Å². The lowest BCUT2D eigenvalue weighted by atomic mass is 9.94. The van der Waals surface area contributed by atoms with Crippen molar-refractivity contribution in [3.05, 3.63) is 97.3 Å². The molecule has 0 radical (unpaired) electrons. The van der Waals surface area contributed by atoms with Gasteiger partial charge >= 0.3 is 0 Å². The van der Waals surface area contributed by atoms with Gasteiger partial charge in [-0.05, 0) is 35.7 Å². The Kier molecular flexibility index (Phi) is 4.77. The Morgan fingerprint density at radius 1 is 1.07 bits per heavy atom. The molecule has 0 fully saturated rings. The first-order chi connectivity index (χ1) is 13.0. The van der Waals surface area contributed by atoms with Gasteiger partial charge in [0.15, 0.2) is 5.78 Å². The molecule has 1 aliphatic rings. The molecule has 1 aromatic heterocycles. The number of fused-ring (bicyclic) bond motifs is 1. The predicted molar refractivity (Wildman–Crippen MR) is 108 cm³/mol. The zero-order valence-electron chi connectivity index (χ0n) is 14.3. The Labute approximate surface area is 166 Å². The van der Waals surface area contributed by atoms with E-state index in [-0.39, 0.29) is 11.3 Å². The molecule has 3 aromatic rings. The van der Waals surface area contributed by atoms with Gasteiger partial charge in [-0.1, -0.05) is 53.5 Å². The van der Waals surface area contributed by atoms with Crippen molar-refractivity contribution in [2.45, 2.75) is 13.0 Å². The lowest BCUT2D eigenvalue weighted by Crippen LogP contribution is -2.22. The molecule has 4 nitrogen and oxygen atoms in total. The number of benzene rings is 2. The van der Waals surface area contributed by atoms with Crippen LogP contribution in [0.15, 0.2) is 59.4 Å². The van der Waals surface area contributed by atoms with E-state index in [9.17, 15) is 9.59 Å². The van der Waals surface area contributed by atoms with Crippen LogP contribution < -0.4 is 10.9 Å². The van der Waals surface area contributed by atoms with E-state index < -0.39 is 0 Å². The van der Waals surface area contributed by atoms with Gasteiger partial charge in [0, 0.05) is 29.7 Å². The predicted octanol–water partition coefficient (Wildman–Crippen LogP) is 4.40. The number of hydrogen-bond acceptors (Lipinski definition) is 3. The van der Waals surface area contributed by atoms with Crippen LogP contribution in [0.5, 0.6) is 0 Å². The van der Waals surface area contributed by atoms with Crippen LogP contribution in [0.4, 0.5) is 5.82 Å². The molecule has 0 amide bonds. The monoisotopic (exact) mass is 398 g/mol. The Hall–Kier alpha value is -2.56. The highest BCUT2D eigenvalue weighted by Crippen LogP contribution is 2.30. The Morgan fingerprint density at radius 3 is 2.59 bits per heavy atom. The summed E-state index contributed by atoms with van der Waals surface area (Å²) in [4.78, 5) is 25.9. The molecule has 0 aliphatic carbocycles. The molecule has 1 N–H and O–H groups in total. The molecule has 1 aliphatic heterocycles. The van der Waals surface area contributed by atoms with Crippen LogP contribution in [0, 0.1) is 0 Å². The fourth-order valence-electron chi connectivity index (χ4n) is 3.41. The van der Waals surface area contributed by atoms with E-state index >= 15 is 0 Å². The quantitative estimate of drug-likeness (QED) is 0.662. The number of nitrogens with zero attached hydrogens (tertiary/aromatic N) is 1. The van der Waals surface area contributed by atoms with Crippen molar-refractivity contribution >= 4 is 34.8 Å². The first kappa shape index (κ1) is 17.8. The summed E-state index contributed by atoms with van der Waals surface area (Å²) in [7, 11) is 0. The molecule has 136 valence electrons. The van der Waals surface area contributed by atoms with Crippen molar-refractivity contribution in [3.8, 4) is 0 Å². The maximum absolute atomic E-state index is 13.4. The van der Waals surface area contributed by atoms with E-state index in [4.69, 9.17) is 23.2 Å². The summed E-state index contributed by atoms with van der Waals surface area (Å²) in [5.74, 6) is 0.338. The summed E-state index contributed by atoms with van der Waals surface area (Å²) in [6.45, 7) is 1.15. The fraction of sp³-hybridized carbons (Fsp3) is 0.143. The molecule has 4 rings (SSSR count). The van der Waals surface area contributed by atoms with Gasteiger partial charge in [-0.25, -0.2) is 0 Å². The summed E-state index contributed by atoms with van der Waals surface area (Å²) in [6.07, 6.45) is 0.484. The number of pyridine rings is 1. The van der Waals surface area contributed by atoms with Gasteiger partial charge in [0.1, 0.15) is 5.82 Å². The Balaban J connectivity index is 1.88. The van der Waals surface area contributed by atoms with E-state index in [1.807, 2.05) is 30.3 Å². The number of halogens is 2. The third kappa shape index (κ3) is 3.38. The zero-order chi connectivity index (χ0) is 19.0. The summed E-state index contributed by atoms with van der Waals surface area (Å²) in [5.41, 5.74) is 2.45. The third-order valence-corrected chi connectivity index (χ3v) is 5.21. The van der Waals surface area contributed by atoms with Crippen LogP contribution in [0.3, 0.4) is 0 Å². The maximum Gasteiger partial charge on any atom is 0.252 e. The van der Waals surface area contributed by atoms with Crippen LogP contribution in [0.25, 0.3) is 0 Å². The molecule has 0 spiro atoms. The van der Waals surface area contributed by atoms with Crippen molar-refractivity contribution in [2.24, 2.45) is 0 Å². The molecule has 6 heteroatoms. The number of anilines is 1. The van der Waals surface area contributed by atoms with Crippen molar-refractivity contribution < 1.29 is 4.79 Å². The second-order valence-electron chi connectivity index (χ2n) is 6.43. The topological polar surface area (TPSA) is 51.1 Å². The maximum atomic E-state index is 13.4. The first-order valence-corrected chi connectivity index (χ1v) is 9.34. The van der Waals surface area contributed by atoms with E-state index in [0.717, 1.165) is 5.56 Å². The highest BCUT2D eigenvalue weighted by molar-refractivity contribution is 6.37. The lowest BCUT2D eigenvalue weighted by Gasteiger charge is -2.15. The largest absolute Gasteiger partial charge is 0.369 e. The molecule has 0 saturated heterocycles. The molecule has 0 saturated carbocycles. The minimum Gasteiger partial charge on any atom is -0.369 e. The van der Waals surface area contributed by atoms with E-state index in [0.29, 0.717) is 52.1 Å². The van der Waals surface area contributed by atoms with Gasteiger partial charge in [-0.2, -0.15) is 0 Å². The lowest BCUT2D eigenvalue weighted by molar-refractivity contribution is 0.103. The van der Waals surface area contributed by atoms with Gasteiger partial charge in [-0.3, -0.25) is 14.2 Å². The molecule has 2 heterocycles. The van der Waals surface area contributed by atoms with Gasteiger partial charge in [-0.15, -0.1) is 0 Å². The van der Waals surface area contributed by atoms with Gasteiger partial charge in [0.2, 0.25) is 0 Å². The smallest absolute Gasteiger partial charge is 0.252 e. The average molecular weight is 399 g/mol. The summed E-state index contributed by atoms with van der Waals surface area (Å²) in [5, 5.41) is 3.95. The molecule has 0 atom stereocenters. The minimum atomic E-state index is -0.222. The number of aromatic nitrogens is 1. The minimum absolute atomic E-state index is 0.111. The molecular weight excluding hydrogens is 383 g/mol.